The molecule has 2 aromatic carbocycles. The summed E-state index contributed by atoms with van der Waals surface area (Å²) in [6.45, 7) is 3.21. The molecule has 3 aromatic rings. The molecule has 1 aromatic heterocycles. The first-order valence-electron chi connectivity index (χ1n) is 10.7. The lowest BCUT2D eigenvalue weighted by atomic mass is 9.98. The summed E-state index contributed by atoms with van der Waals surface area (Å²) in [5, 5.41) is 12.5. The smallest absolute Gasteiger partial charge is 0.407 e. The molecule has 8 nitrogen and oxygen atoms in total. The van der Waals surface area contributed by atoms with E-state index in [1.807, 2.05) is 24.3 Å². The first-order valence-corrected chi connectivity index (χ1v) is 11.6. The van der Waals surface area contributed by atoms with Crippen LogP contribution in [-0.4, -0.2) is 52.2 Å². The molecule has 0 unspecified atom stereocenters. The number of benzene rings is 2. The monoisotopic (exact) mass is 479 g/mol. The zero-order valence-electron chi connectivity index (χ0n) is 19.1. The number of amides is 2. The number of alkyl carbamates (subject to hydrolysis) is 1. The normalized spacial score (nSPS) is 12.6. The van der Waals surface area contributed by atoms with Gasteiger partial charge in [-0.25, -0.2) is 14.6 Å². The Hall–Kier alpha value is -3.72. The second-order valence-corrected chi connectivity index (χ2v) is 9.64. The molecule has 176 valence electrons. The number of carboxylic acids is 1. The van der Waals surface area contributed by atoms with E-state index >= 15 is 0 Å². The molecule has 0 saturated heterocycles. The van der Waals surface area contributed by atoms with Gasteiger partial charge in [-0.15, -0.1) is 11.3 Å². The Morgan fingerprint density at radius 3 is 2.26 bits per heavy atom. The highest BCUT2D eigenvalue weighted by atomic mass is 32.1. The average molecular weight is 480 g/mol. The molecule has 0 aliphatic heterocycles. The van der Waals surface area contributed by atoms with Crippen LogP contribution in [0.3, 0.4) is 0 Å². The van der Waals surface area contributed by atoms with Crippen molar-refractivity contribution in [1.29, 1.82) is 0 Å². The third-order valence-electron chi connectivity index (χ3n) is 6.16. The molecule has 0 spiro atoms. The number of aromatic nitrogens is 1. The predicted molar refractivity (Wildman–Crippen MR) is 128 cm³/mol. The summed E-state index contributed by atoms with van der Waals surface area (Å²) in [5.74, 6) is -1.59. The highest BCUT2D eigenvalue weighted by Gasteiger charge is 2.36. The Morgan fingerprint density at radius 1 is 1.09 bits per heavy atom. The summed E-state index contributed by atoms with van der Waals surface area (Å²) in [7, 11) is 1.44. The van der Waals surface area contributed by atoms with Gasteiger partial charge in [0.2, 0.25) is 0 Å². The van der Waals surface area contributed by atoms with E-state index in [1.165, 1.54) is 27.1 Å². The topological polar surface area (TPSA) is 109 Å². The van der Waals surface area contributed by atoms with Gasteiger partial charge in [0.1, 0.15) is 22.0 Å². The number of aliphatic carboxylic acids is 1. The van der Waals surface area contributed by atoms with E-state index in [4.69, 9.17) is 4.74 Å². The Kier molecular flexibility index (Phi) is 6.39. The van der Waals surface area contributed by atoms with Crippen LogP contribution in [-0.2, 0) is 16.1 Å². The highest BCUT2D eigenvalue weighted by molar-refractivity contribution is 7.13. The molecular formula is C25H25N3O5S. The lowest BCUT2D eigenvalue weighted by molar-refractivity contribution is -0.147. The van der Waals surface area contributed by atoms with E-state index in [0.717, 1.165) is 38.5 Å². The van der Waals surface area contributed by atoms with Crippen molar-refractivity contribution in [2.24, 2.45) is 0 Å². The number of nitrogens with one attached hydrogen (secondary N) is 1. The standard InChI is InChI=1S/C25H25N3O5S/c1-25(2,23(30)31)28(3)22(29)20-12-26-21(34-20)13-27-24(32)33-14-19-17-10-6-4-8-15(17)16-9-5-7-11-18(16)19/h4-12,19H,13-14H2,1-3H3,(H,27,32)(H,30,31). The minimum atomic E-state index is -1.36. The number of rotatable bonds is 7. The first kappa shape index (κ1) is 23.4. The van der Waals surface area contributed by atoms with E-state index in [-0.39, 0.29) is 19.1 Å². The van der Waals surface area contributed by atoms with Gasteiger partial charge in [0, 0.05) is 13.0 Å². The van der Waals surface area contributed by atoms with Gasteiger partial charge in [-0.3, -0.25) is 4.79 Å². The van der Waals surface area contributed by atoms with E-state index in [2.05, 4.69) is 34.6 Å². The lowest BCUT2D eigenvalue weighted by Gasteiger charge is -2.30. The molecule has 0 saturated carbocycles. The van der Waals surface area contributed by atoms with Crippen LogP contribution in [0.4, 0.5) is 4.79 Å². The van der Waals surface area contributed by atoms with Crippen molar-refractivity contribution in [3.8, 4) is 11.1 Å². The van der Waals surface area contributed by atoms with Crippen LogP contribution in [0, 0.1) is 0 Å². The molecular weight excluding hydrogens is 454 g/mol. The molecule has 2 amide bonds. The molecule has 0 bridgehead atoms. The van der Waals surface area contributed by atoms with Crippen LogP contribution in [0.15, 0.2) is 54.7 Å². The summed E-state index contributed by atoms with van der Waals surface area (Å²) >= 11 is 1.10. The molecule has 1 aliphatic carbocycles. The summed E-state index contributed by atoms with van der Waals surface area (Å²) in [5.41, 5.74) is 3.22. The minimum absolute atomic E-state index is 0.0321. The Balaban J connectivity index is 1.34. The number of fused-ring (bicyclic) bond motifs is 3. The molecule has 4 rings (SSSR count). The van der Waals surface area contributed by atoms with Gasteiger partial charge in [0.25, 0.3) is 5.91 Å². The van der Waals surface area contributed by atoms with Gasteiger partial charge in [-0.2, -0.15) is 0 Å². The molecule has 0 atom stereocenters. The fourth-order valence-corrected chi connectivity index (χ4v) is 4.68. The van der Waals surface area contributed by atoms with Crippen molar-refractivity contribution in [3.63, 3.8) is 0 Å². The minimum Gasteiger partial charge on any atom is -0.480 e. The number of carbonyl (C=O) groups is 3. The van der Waals surface area contributed by atoms with Crippen molar-refractivity contribution in [3.05, 3.63) is 75.7 Å². The van der Waals surface area contributed by atoms with Crippen LogP contribution in [0.25, 0.3) is 11.1 Å². The third-order valence-corrected chi connectivity index (χ3v) is 7.14. The van der Waals surface area contributed by atoms with E-state index in [0.29, 0.717) is 9.88 Å². The maximum Gasteiger partial charge on any atom is 0.407 e. The summed E-state index contributed by atoms with van der Waals surface area (Å²) in [6, 6.07) is 16.2. The van der Waals surface area contributed by atoms with Gasteiger partial charge in [0.05, 0.1) is 12.7 Å². The SMILES string of the molecule is CN(C(=O)c1cnc(CNC(=O)OCC2c3ccccc3-c3ccccc32)s1)C(C)(C)C(=O)O. The number of thiazole rings is 1. The Labute approximate surface area is 201 Å². The van der Waals surface area contributed by atoms with Gasteiger partial charge < -0.3 is 20.1 Å². The van der Waals surface area contributed by atoms with E-state index < -0.39 is 23.5 Å². The van der Waals surface area contributed by atoms with Gasteiger partial charge in [-0.1, -0.05) is 48.5 Å². The number of hydrogen-bond acceptors (Lipinski definition) is 6. The molecule has 34 heavy (non-hydrogen) atoms. The molecule has 0 radical (unpaired) electrons. The van der Waals surface area contributed by atoms with Gasteiger partial charge in [-0.05, 0) is 36.1 Å². The highest BCUT2D eigenvalue weighted by Crippen LogP contribution is 2.44. The van der Waals surface area contributed by atoms with Gasteiger partial charge >= 0.3 is 12.1 Å². The van der Waals surface area contributed by atoms with Crippen molar-refractivity contribution in [1.82, 2.24) is 15.2 Å². The van der Waals surface area contributed by atoms with Crippen LogP contribution >= 0.6 is 11.3 Å². The molecule has 1 aliphatic rings. The number of hydrogen-bond donors (Lipinski definition) is 2. The fraction of sp³-hybridized carbons (Fsp3) is 0.280. The summed E-state index contributed by atoms with van der Waals surface area (Å²) in [4.78, 5) is 42.0. The fourth-order valence-electron chi connectivity index (χ4n) is 3.85. The lowest BCUT2D eigenvalue weighted by Crippen LogP contribution is -2.50. The number of carboxylic acid groups (broad SMARTS) is 1. The number of likely N-dealkylation sites (N-methyl/N-ethyl adjacent to an activating group) is 1. The Bertz CT molecular complexity index is 1210. The number of carbonyl (C=O) groups excluding carboxylic acids is 2. The summed E-state index contributed by atoms with van der Waals surface area (Å²) < 4.78 is 5.51. The van der Waals surface area contributed by atoms with Crippen LogP contribution < -0.4 is 5.32 Å². The average Bonchev–Trinajstić information content (AvgIpc) is 3.43. The maximum absolute atomic E-state index is 12.6. The molecule has 2 N–H and O–H groups in total. The number of nitrogens with zero attached hydrogens (tertiary/aromatic N) is 2. The second kappa shape index (κ2) is 9.26. The quantitative estimate of drug-likeness (QED) is 0.528. The zero-order chi connectivity index (χ0) is 24.5. The summed E-state index contributed by atoms with van der Waals surface area (Å²) in [6.07, 6.45) is 0.810. The van der Waals surface area contributed by atoms with Crippen molar-refractivity contribution >= 4 is 29.3 Å². The zero-order valence-corrected chi connectivity index (χ0v) is 19.9. The van der Waals surface area contributed by atoms with Gasteiger partial charge in [0.15, 0.2) is 0 Å². The molecule has 0 fully saturated rings. The third kappa shape index (κ3) is 4.38. The first-order chi connectivity index (χ1) is 16.2. The molecule has 1 heterocycles. The van der Waals surface area contributed by atoms with Crippen molar-refractivity contribution < 1.29 is 24.2 Å². The molecule has 9 heteroatoms. The van der Waals surface area contributed by atoms with Crippen molar-refractivity contribution in [2.75, 3.05) is 13.7 Å². The second-order valence-electron chi connectivity index (χ2n) is 8.53. The number of ether oxygens (including phenoxy) is 1. The maximum atomic E-state index is 12.6. The van der Waals surface area contributed by atoms with Crippen LogP contribution in [0.1, 0.15) is 45.6 Å². The van der Waals surface area contributed by atoms with Crippen LogP contribution in [0.5, 0.6) is 0 Å². The predicted octanol–water partition coefficient (Wildman–Crippen LogP) is 4.12. The van der Waals surface area contributed by atoms with Crippen LogP contribution in [0.2, 0.25) is 0 Å². The Morgan fingerprint density at radius 2 is 1.68 bits per heavy atom. The van der Waals surface area contributed by atoms with Crippen molar-refractivity contribution in [2.45, 2.75) is 31.8 Å². The van der Waals surface area contributed by atoms with E-state index in [9.17, 15) is 19.5 Å². The largest absolute Gasteiger partial charge is 0.480 e. The van der Waals surface area contributed by atoms with E-state index in [1.54, 1.807) is 0 Å².